The van der Waals surface area contributed by atoms with Crippen molar-refractivity contribution < 1.29 is 4.90 Å². The molecule has 2 heterocycles. The molecule has 0 amide bonds. The van der Waals surface area contributed by atoms with Crippen LogP contribution in [-0.2, 0) is 0 Å². The van der Waals surface area contributed by atoms with Gasteiger partial charge in [0.2, 0.25) is 0 Å². The summed E-state index contributed by atoms with van der Waals surface area (Å²) in [6.45, 7) is 10.4. The molecule has 3 rings (SSSR count). The third kappa shape index (κ3) is 5.21. The summed E-state index contributed by atoms with van der Waals surface area (Å²) < 4.78 is 0. The minimum absolute atomic E-state index is 0.953. The van der Waals surface area contributed by atoms with E-state index in [4.69, 9.17) is 0 Å². The van der Waals surface area contributed by atoms with Crippen LogP contribution in [0.5, 0.6) is 0 Å². The number of rotatable bonds is 8. The number of nitrogens with one attached hydrogen (secondary N) is 1. The largest absolute Gasteiger partial charge is 0.372 e. The van der Waals surface area contributed by atoms with E-state index in [1.54, 1.807) is 16.7 Å². The third-order valence-corrected chi connectivity index (χ3v) is 6.15. The molecule has 0 saturated carbocycles. The Morgan fingerprint density at radius 1 is 0.923 bits per heavy atom. The van der Waals surface area contributed by atoms with Gasteiger partial charge in [0.15, 0.2) is 0 Å². The molecule has 1 fully saturated rings. The maximum Gasteiger partial charge on any atom is 0.119 e. The molecule has 140 valence electrons. The Labute approximate surface area is 162 Å². The number of thioether (sulfide) groups is 1. The SMILES string of the molecule is CC[NH+](CC)CCSc1ccc(-c2ccc(N3CCCCC3)cc2)nn1. The van der Waals surface area contributed by atoms with Gasteiger partial charge in [-0.15, -0.1) is 10.2 Å². The molecule has 4 nitrogen and oxygen atoms in total. The Balaban J connectivity index is 1.56. The van der Waals surface area contributed by atoms with Crippen molar-refractivity contribution in [3.8, 4) is 11.3 Å². The van der Waals surface area contributed by atoms with Gasteiger partial charge in [0.1, 0.15) is 5.03 Å². The maximum atomic E-state index is 4.44. The fourth-order valence-electron chi connectivity index (χ4n) is 3.45. The van der Waals surface area contributed by atoms with E-state index in [-0.39, 0.29) is 0 Å². The molecule has 1 saturated heterocycles. The van der Waals surface area contributed by atoms with Gasteiger partial charge < -0.3 is 9.80 Å². The first-order valence-corrected chi connectivity index (χ1v) is 10.9. The van der Waals surface area contributed by atoms with E-state index in [0.717, 1.165) is 22.0 Å². The summed E-state index contributed by atoms with van der Waals surface area (Å²) in [7, 11) is 0. The van der Waals surface area contributed by atoms with Crippen molar-refractivity contribution in [3.63, 3.8) is 0 Å². The van der Waals surface area contributed by atoms with Gasteiger partial charge >= 0.3 is 0 Å². The highest BCUT2D eigenvalue weighted by atomic mass is 32.2. The first-order valence-electron chi connectivity index (χ1n) is 9.95. The van der Waals surface area contributed by atoms with E-state index >= 15 is 0 Å². The van der Waals surface area contributed by atoms with Crippen LogP contribution in [0.15, 0.2) is 41.4 Å². The number of nitrogens with zero attached hydrogens (tertiary/aromatic N) is 3. The molecular weight excluding hydrogens is 340 g/mol. The van der Waals surface area contributed by atoms with Crippen LogP contribution in [0, 0.1) is 0 Å². The average molecular weight is 372 g/mol. The number of quaternary nitrogens is 1. The van der Waals surface area contributed by atoms with E-state index in [1.807, 2.05) is 0 Å². The van der Waals surface area contributed by atoms with Gasteiger partial charge in [-0.2, -0.15) is 0 Å². The zero-order valence-corrected chi connectivity index (χ0v) is 16.9. The van der Waals surface area contributed by atoms with E-state index in [0.29, 0.717) is 0 Å². The lowest BCUT2D eigenvalue weighted by molar-refractivity contribution is -0.893. The van der Waals surface area contributed by atoms with Crippen LogP contribution in [0.3, 0.4) is 0 Å². The minimum atomic E-state index is 0.953. The zero-order chi connectivity index (χ0) is 18.2. The molecule has 0 unspecified atom stereocenters. The summed E-state index contributed by atoms with van der Waals surface area (Å²) in [5, 5.41) is 9.87. The molecule has 0 aliphatic carbocycles. The quantitative estimate of drug-likeness (QED) is 0.723. The molecule has 1 aromatic carbocycles. The van der Waals surface area contributed by atoms with Crippen molar-refractivity contribution in [2.24, 2.45) is 0 Å². The summed E-state index contributed by atoms with van der Waals surface area (Å²) in [6.07, 6.45) is 3.98. The van der Waals surface area contributed by atoms with E-state index in [1.165, 1.54) is 57.7 Å². The molecule has 1 aliphatic heterocycles. The fraction of sp³-hybridized carbons (Fsp3) is 0.524. The molecule has 0 radical (unpaired) electrons. The smallest absolute Gasteiger partial charge is 0.119 e. The summed E-state index contributed by atoms with van der Waals surface area (Å²) in [4.78, 5) is 4.12. The van der Waals surface area contributed by atoms with Gasteiger partial charge in [-0.1, -0.05) is 23.9 Å². The van der Waals surface area contributed by atoms with Crippen LogP contribution in [0.4, 0.5) is 5.69 Å². The van der Waals surface area contributed by atoms with Crippen LogP contribution in [0.2, 0.25) is 0 Å². The van der Waals surface area contributed by atoms with Crippen LogP contribution < -0.4 is 9.80 Å². The van der Waals surface area contributed by atoms with E-state index in [2.05, 4.69) is 65.3 Å². The Hall–Kier alpha value is -1.59. The first-order chi connectivity index (χ1) is 12.8. The molecule has 2 aromatic rings. The highest BCUT2D eigenvalue weighted by Gasteiger charge is 2.11. The number of piperidine rings is 1. The van der Waals surface area contributed by atoms with Crippen LogP contribution in [0.25, 0.3) is 11.3 Å². The van der Waals surface area contributed by atoms with Crippen molar-refractivity contribution >= 4 is 17.4 Å². The topological polar surface area (TPSA) is 33.5 Å². The predicted molar refractivity (Wildman–Crippen MR) is 111 cm³/mol. The molecule has 0 spiro atoms. The molecule has 1 N–H and O–H groups in total. The van der Waals surface area contributed by atoms with E-state index in [9.17, 15) is 0 Å². The molecule has 1 aromatic heterocycles. The Morgan fingerprint density at radius 3 is 2.27 bits per heavy atom. The normalized spacial score (nSPS) is 14.8. The maximum absolute atomic E-state index is 4.44. The standard InChI is InChI=1S/C21H30N4S/c1-3-24(4-2)16-17-26-21-13-12-20(22-23-21)18-8-10-19(11-9-18)25-14-6-5-7-15-25/h8-13H,3-7,14-17H2,1-2H3/p+1. The zero-order valence-electron chi connectivity index (χ0n) is 16.1. The molecule has 0 atom stereocenters. The highest BCUT2D eigenvalue weighted by Crippen LogP contribution is 2.24. The Morgan fingerprint density at radius 2 is 1.65 bits per heavy atom. The van der Waals surface area contributed by atoms with Gasteiger partial charge in [0, 0.05) is 30.1 Å². The van der Waals surface area contributed by atoms with Crippen LogP contribution >= 0.6 is 11.8 Å². The number of hydrogen-bond donors (Lipinski definition) is 1. The highest BCUT2D eigenvalue weighted by molar-refractivity contribution is 7.99. The lowest BCUT2D eigenvalue weighted by Crippen LogP contribution is -3.11. The molecule has 1 aliphatic rings. The number of anilines is 1. The Kier molecular flexibility index (Phi) is 7.32. The van der Waals surface area contributed by atoms with Crippen LogP contribution in [0.1, 0.15) is 33.1 Å². The lowest BCUT2D eigenvalue weighted by atomic mass is 10.1. The number of hydrogen-bond acceptors (Lipinski definition) is 4. The van der Waals surface area contributed by atoms with Crippen molar-refractivity contribution in [1.82, 2.24) is 10.2 Å². The van der Waals surface area contributed by atoms with Gasteiger partial charge in [-0.25, -0.2) is 0 Å². The third-order valence-electron chi connectivity index (χ3n) is 5.23. The first kappa shape index (κ1) is 19.2. The molecular formula is C21H31N4S+. The Bertz CT molecular complexity index is 647. The van der Waals surface area contributed by atoms with Crippen molar-refractivity contribution in [2.75, 3.05) is 43.4 Å². The molecule has 0 bridgehead atoms. The van der Waals surface area contributed by atoms with Crippen LogP contribution in [-0.4, -0.2) is 48.7 Å². The second-order valence-electron chi connectivity index (χ2n) is 6.91. The minimum Gasteiger partial charge on any atom is -0.372 e. The number of aromatic nitrogens is 2. The van der Waals surface area contributed by atoms with Gasteiger partial charge in [0.05, 0.1) is 25.3 Å². The van der Waals surface area contributed by atoms with Crippen molar-refractivity contribution in [1.29, 1.82) is 0 Å². The van der Waals surface area contributed by atoms with Gasteiger partial charge in [-0.05, 0) is 57.4 Å². The second kappa shape index (κ2) is 9.93. The summed E-state index contributed by atoms with van der Waals surface area (Å²) >= 11 is 1.80. The number of benzene rings is 1. The average Bonchev–Trinajstić information content (AvgIpc) is 2.72. The van der Waals surface area contributed by atoms with Crippen molar-refractivity contribution in [2.45, 2.75) is 38.1 Å². The van der Waals surface area contributed by atoms with Crippen molar-refractivity contribution in [3.05, 3.63) is 36.4 Å². The summed E-state index contributed by atoms with van der Waals surface area (Å²) in [5.74, 6) is 1.09. The van der Waals surface area contributed by atoms with Gasteiger partial charge in [0.25, 0.3) is 0 Å². The molecule has 26 heavy (non-hydrogen) atoms. The van der Waals surface area contributed by atoms with Gasteiger partial charge in [-0.3, -0.25) is 0 Å². The lowest BCUT2D eigenvalue weighted by Gasteiger charge is -2.28. The predicted octanol–water partition coefficient (Wildman–Crippen LogP) is 3.15. The second-order valence-corrected chi connectivity index (χ2v) is 8.02. The summed E-state index contributed by atoms with van der Waals surface area (Å²) in [5.41, 5.74) is 3.42. The summed E-state index contributed by atoms with van der Waals surface area (Å²) in [6, 6.07) is 13.0. The fourth-order valence-corrected chi connectivity index (χ4v) is 4.31. The molecule has 5 heteroatoms. The van der Waals surface area contributed by atoms with E-state index < -0.39 is 0 Å². The monoisotopic (exact) mass is 371 g/mol.